The lowest BCUT2D eigenvalue weighted by Gasteiger charge is -2.33. The minimum absolute atomic E-state index is 0.284. The molecular weight excluding hydrogens is 418 g/mol. The van der Waals surface area contributed by atoms with Gasteiger partial charge in [0.1, 0.15) is 11.3 Å². The average molecular weight is 448 g/mol. The Morgan fingerprint density at radius 2 is 2.00 bits per heavy atom. The van der Waals surface area contributed by atoms with Crippen LogP contribution in [0.4, 0.5) is 5.95 Å². The highest BCUT2D eigenvalue weighted by molar-refractivity contribution is 5.82. The van der Waals surface area contributed by atoms with Crippen LogP contribution in [-0.4, -0.2) is 59.1 Å². The number of aryl methyl sites for hydroxylation is 1. The first-order valence-electron chi connectivity index (χ1n) is 11.7. The van der Waals surface area contributed by atoms with Gasteiger partial charge in [-0.15, -0.1) is 5.10 Å². The number of fused-ring (bicyclic) bond motifs is 2. The van der Waals surface area contributed by atoms with Crippen molar-refractivity contribution in [3.05, 3.63) is 36.4 Å². The Morgan fingerprint density at radius 1 is 1.18 bits per heavy atom. The van der Waals surface area contributed by atoms with E-state index in [2.05, 4.69) is 20.0 Å². The Bertz CT molecular complexity index is 1310. The summed E-state index contributed by atoms with van der Waals surface area (Å²) in [4.78, 5) is 14.2. The van der Waals surface area contributed by atoms with Crippen LogP contribution in [0.25, 0.3) is 27.9 Å². The van der Waals surface area contributed by atoms with Gasteiger partial charge < -0.3 is 19.7 Å². The van der Waals surface area contributed by atoms with Crippen molar-refractivity contribution < 1.29 is 9.84 Å². The van der Waals surface area contributed by atoms with Gasteiger partial charge in [0, 0.05) is 30.3 Å². The fourth-order valence-corrected chi connectivity index (χ4v) is 4.88. The van der Waals surface area contributed by atoms with Crippen molar-refractivity contribution in [1.29, 1.82) is 0 Å². The first kappa shape index (κ1) is 20.6. The molecule has 4 aromatic heterocycles. The van der Waals surface area contributed by atoms with Crippen LogP contribution in [0.2, 0.25) is 0 Å². The van der Waals surface area contributed by atoms with Crippen molar-refractivity contribution >= 4 is 22.6 Å². The molecule has 2 N–H and O–H groups in total. The molecule has 1 aliphatic carbocycles. The van der Waals surface area contributed by atoms with E-state index < -0.39 is 5.60 Å². The molecule has 0 amide bonds. The van der Waals surface area contributed by atoms with Crippen LogP contribution in [0.3, 0.4) is 0 Å². The zero-order valence-corrected chi connectivity index (χ0v) is 19.0. The topological polar surface area (TPSA) is 102 Å². The molecule has 1 saturated heterocycles. The van der Waals surface area contributed by atoms with Crippen molar-refractivity contribution in [1.82, 2.24) is 29.1 Å². The number of aromatic nitrogens is 6. The van der Waals surface area contributed by atoms with Gasteiger partial charge in [-0.1, -0.05) is 0 Å². The Kier molecular flexibility index (Phi) is 4.84. The molecule has 172 valence electrons. The van der Waals surface area contributed by atoms with E-state index in [1.807, 2.05) is 49.0 Å². The third-order valence-corrected chi connectivity index (χ3v) is 7.02. The lowest BCUT2D eigenvalue weighted by Crippen LogP contribution is -2.36. The molecule has 33 heavy (non-hydrogen) atoms. The molecule has 1 saturated carbocycles. The molecule has 9 heteroatoms. The lowest BCUT2D eigenvalue weighted by atomic mass is 9.84. The predicted octanol–water partition coefficient (Wildman–Crippen LogP) is 3.20. The number of hydrogen-bond acceptors (Lipinski definition) is 7. The molecule has 2 aliphatic rings. The highest BCUT2D eigenvalue weighted by Gasteiger charge is 2.29. The van der Waals surface area contributed by atoms with E-state index in [-0.39, 0.29) is 6.04 Å². The standard InChI is InChI=1S/C24H29N7O2/c1-15-26-20-4-3-19(28-22(20)30(15)12-16-13-33-14-16)18-7-10-31-21(18)11-25-23(29-31)27-17-5-8-24(2,32)9-6-17/h3-4,7,10-11,16-17,32H,5-6,8-9,12-14H2,1-2H3,(H,27,29). The van der Waals surface area contributed by atoms with E-state index in [0.717, 1.165) is 79.2 Å². The summed E-state index contributed by atoms with van der Waals surface area (Å²) in [5.74, 6) is 2.11. The molecule has 0 spiro atoms. The smallest absolute Gasteiger partial charge is 0.241 e. The number of nitrogens with zero attached hydrogens (tertiary/aromatic N) is 6. The van der Waals surface area contributed by atoms with E-state index in [9.17, 15) is 5.11 Å². The molecule has 9 nitrogen and oxygen atoms in total. The molecule has 0 unspecified atom stereocenters. The lowest BCUT2D eigenvalue weighted by molar-refractivity contribution is -0.0392. The van der Waals surface area contributed by atoms with Gasteiger partial charge in [0.25, 0.3) is 0 Å². The maximum absolute atomic E-state index is 10.2. The van der Waals surface area contributed by atoms with Crippen LogP contribution in [-0.2, 0) is 11.3 Å². The maximum atomic E-state index is 10.2. The molecule has 1 aliphatic heterocycles. The Morgan fingerprint density at radius 3 is 2.76 bits per heavy atom. The third-order valence-electron chi connectivity index (χ3n) is 7.02. The van der Waals surface area contributed by atoms with Crippen LogP contribution in [0.5, 0.6) is 0 Å². The van der Waals surface area contributed by atoms with Crippen LogP contribution in [0, 0.1) is 12.8 Å². The molecule has 0 atom stereocenters. The SMILES string of the molecule is Cc1nc2ccc(-c3ccn4nc(NC5CCC(C)(O)CC5)ncc34)nc2n1CC1COC1. The molecule has 0 bridgehead atoms. The van der Waals surface area contributed by atoms with Crippen LogP contribution in [0.15, 0.2) is 30.6 Å². The number of pyridine rings is 1. The van der Waals surface area contributed by atoms with Gasteiger partial charge in [-0.05, 0) is 57.7 Å². The van der Waals surface area contributed by atoms with Crippen LogP contribution < -0.4 is 5.32 Å². The van der Waals surface area contributed by atoms with Gasteiger partial charge in [0.2, 0.25) is 5.95 Å². The van der Waals surface area contributed by atoms with E-state index in [1.165, 1.54) is 0 Å². The Hall–Kier alpha value is -3.04. The Balaban J connectivity index is 1.28. The number of hydrogen-bond donors (Lipinski definition) is 2. The van der Waals surface area contributed by atoms with E-state index in [1.54, 1.807) is 0 Å². The molecule has 5 heterocycles. The molecular formula is C24H29N7O2. The summed E-state index contributed by atoms with van der Waals surface area (Å²) in [5.41, 5.74) is 4.06. The summed E-state index contributed by atoms with van der Waals surface area (Å²) in [6.07, 6.45) is 7.20. The third kappa shape index (κ3) is 3.85. The number of anilines is 1. The molecule has 4 aromatic rings. The van der Waals surface area contributed by atoms with Gasteiger partial charge in [-0.3, -0.25) is 0 Å². The summed E-state index contributed by atoms with van der Waals surface area (Å²) < 4.78 is 9.40. The maximum Gasteiger partial charge on any atom is 0.241 e. The summed E-state index contributed by atoms with van der Waals surface area (Å²) >= 11 is 0. The quantitative estimate of drug-likeness (QED) is 0.484. The number of ether oxygens (including phenoxy) is 1. The first-order chi connectivity index (χ1) is 15.9. The fourth-order valence-electron chi connectivity index (χ4n) is 4.88. The highest BCUT2D eigenvalue weighted by Crippen LogP contribution is 2.30. The second kappa shape index (κ2) is 7.78. The molecule has 0 aromatic carbocycles. The largest absolute Gasteiger partial charge is 0.390 e. The van der Waals surface area contributed by atoms with Crippen molar-refractivity contribution in [2.75, 3.05) is 18.5 Å². The first-order valence-corrected chi connectivity index (χ1v) is 11.7. The summed E-state index contributed by atoms with van der Waals surface area (Å²) in [6, 6.07) is 6.37. The number of aliphatic hydroxyl groups is 1. The summed E-state index contributed by atoms with van der Waals surface area (Å²) in [5, 5.41) is 18.3. The van der Waals surface area contributed by atoms with E-state index in [4.69, 9.17) is 14.7 Å². The highest BCUT2D eigenvalue weighted by atomic mass is 16.5. The predicted molar refractivity (Wildman–Crippen MR) is 125 cm³/mol. The van der Waals surface area contributed by atoms with Gasteiger partial charge in [-0.25, -0.2) is 19.5 Å². The zero-order chi connectivity index (χ0) is 22.6. The van der Waals surface area contributed by atoms with Crippen molar-refractivity contribution in [2.24, 2.45) is 5.92 Å². The average Bonchev–Trinajstić information content (AvgIpc) is 3.31. The molecule has 2 fully saturated rings. The second-order valence-electron chi connectivity index (χ2n) is 9.77. The van der Waals surface area contributed by atoms with Gasteiger partial charge in [0.15, 0.2) is 5.65 Å². The van der Waals surface area contributed by atoms with Gasteiger partial charge in [-0.2, -0.15) is 0 Å². The Labute approximate surface area is 191 Å². The minimum atomic E-state index is -0.550. The zero-order valence-electron chi connectivity index (χ0n) is 19.0. The van der Waals surface area contributed by atoms with Crippen molar-refractivity contribution in [3.8, 4) is 11.3 Å². The monoisotopic (exact) mass is 447 g/mol. The molecule has 0 radical (unpaired) electrons. The number of rotatable bonds is 5. The number of nitrogens with one attached hydrogen (secondary N) is 1. The molecule has 6 rings (SSSR count). The van der Waals surface area contributed by atoms with Gasteiger partial charge in [0.05, 0.1) is 36.2 Å². The normalized spacial score (nSPS) is 23.8. The van der Waals surface area contributed by atoms with Crippen LogP contribution >= 0.6 is 0 Å². The van der Waals surface area contributed by atoms with Crippen LogP contribution in [0.1, 0.15) is 38.4 Å². The van der Waals surface area contributed by atoms with Crippen molar-refractivity contribution in [2.45, 2.75) is 57.7 Å². The van der Waals surface area contributed by atoms with Gasteiger partial charge >= 0.3 is 0 Å². The van der Waals surface area contributed by atoms with Crippen molar-refractivity contribution in [3.63, 3.8) is 0 Å². The minimum Gasteiger partial charge on any atom is -0.390 e. The summed E-state index contributed by atoms with van der Waals surface area (Å²) in [7, 11) is 0. The van der Waals surface area contributed by atoms with E-state index in [0.29, 0.717) is 11.9 Å². The fraction of sp³-hybridized carbons (Fsp3) is 0.500. The van der Waals surface area contributed by atoms with E-state index >= 15 is 0 Å². The summed E-state index contributed by atoms with van der Waals surface area (Å²) in [6.45, 7) is 6.43. The number of imidazole rings is 1. The second-order valence-corrected chi connectivity index (χ2v) is 9.77.